The third-order valence-electron chi connectivity index (χ3n) is 8.29. The van der Waals surface area contributed by atoms with Crippen LogP contribution in [0.2, 0.25) is 0 Å². The second-order valence-corrected chi connectivity index (χ2v) is 10.7. The molecule has 0 radical (unpaired) electrons. The largest absolute Gasteiger partial charge is 0.450 e. The van der Waals surface area contributed by atoms with Gasteiger partial charge in [-0.15, -0.1) is 0 Å². The van der Waals surface area contributed by atoms with Gasteiger partial charge in [0.15, 0.2) is 11.0 Å². The van der Waals surface area contributed by atoms with Crippen molar-refractivity contribution in [2.75, 3.05) is 4.90 Å². The number of rotatable bonds is 4. The Bertz CT molecular complexity index is 1950. The zero-order valence-corrected chi connectivity index (χ0v) is 22.5. The van der Waals surface area contributed by atoms with E-state index in [4.69, 9.17) is 4.42 Å². The van der Waals surface area contributed by atoms with Gasteiger partial charge in [0.25, 0.3) is 11.8 Å². The van der Waals surface area contributed by atoms with Gasteiger partial charge in [-0.3, -0.25) is 14.4 Å². The summed E-state index contributed by atoms with van der Waals surface area (Å²) in [6.45, 7) is 4.04. The molecule has 0 saturated carbocycles. The minimum Gasteiger partial charge on any atom is -0.450 e. The summed E-state index contributed by atoms with van der Waals surface area (Å²) in [6, 6.07) is 26.0. The number of carbonyl (C=O) groups is 2. The van der Waals surface area contributed by atoms with E-state index in [9.17, 15) is 18.8 Å². The number of hydrogen-bond acceptors (Lipinski definition) is 4. The lowest BCUT2D eigenvalue weighted by atomic mass is 9.83. The molecule has 7 rings (SSSR count). The van der Waals surface area contributed by atoms with Gasteiger partial charge in [0, 0.05) is 12.1 Å². The van der Waals surface area contributed by atoms with Gasteiger partial charge in [0.05, 0.1) is 23.2 Å². The molecule has 4 aromatic carbocycles. The zero-order valence-electron chi connectivity index (χ0n) is 22.5. The number of fused-ring (bicyclic) bond motifs is 5. The van der Waals surface area contributed by atoms with E-state index in [-0.39, 0.29) is 30.2 Å². The zero-order chi connectivity index (χ0) is 28.5. The molecule has 2 amide bonds. The highest BCUT2D eigenvalue weighted by atomic mass is 19.1. The summed E-state index contributed by atoms with van der Waals surface area (Å²) in [7, 11) is 0. The number of amides is 2. The summed E-state index contributed by atoms with van der Waals surface area (Å²) in [6.07, 6.45) is 0. The van der Waals surface area contributed by atoms with Crippen LogP contribution in [0, 0.1) is 19.7 Å². The summed E-state index contributed by atoms with van der Waals surface area (Å²) < 4.78 is 19.9. The Morgan fingerprint density at radius 2 is 1.44 bits per heavy atom. The van der Waals surface area contributed by atoms with Crippen LogP contribution < -0.4 is 10.3 Å². The van der Waals surface area contributed by atoms with Crippen molar-refractivity contribution < 1.29 is 18.4 Å². The molecule has 5 aromatic rings. The molecule has 1 atom stereocenters. The lowest BCUT2D eigenvalue weighted by Gasteiger charge is -2.34. The Labute approximate surface area is 235 Å². The molecule has 6 nitrogen and oxygen atoms in total. The Kier molecular flexibility index (Phi) is 5.47. The standard InChI is InChI=1S/C34H25FN2O4/c1-20-16-25-28(17-21(20)2)41-31-29(30(25)38)34(37(32(31)39)19-22-8-4-3-5-9-22)26-10-6-7-11-27(26)36(33(34)40)18-23-12-14-24(35)15-13-23/h3-17H,18-19H2,1-2H3. The molecule has 0 saturated heterocycles. The molecule has 1 aromatic heterocycles. The maximum Gasteiger partial charge on any atom is 0.291 e. The lowest BCUT2D eigenvalue weighted by molar-refractivity contribution is -0.126. The number of hydrogen-bond donors (Lipinski definition) is 0. The molecule has 7 heteroatoms. The second kappa shape index (κ2) is 8.99. The summed E-state index contributed by atoms with van der Waals surface area (Å²) in [4.78, 5) is 46.5. The van der Waals surface area contributed by atoms with Crippen molar-refractivity contribution in [2.45, 2.75) is 32.5 Å². The highest BCUT2D eigenvalue weighted by Gasteiger charge is 2.65. The number of halogens is 1. The van der Waals surface area contributed by atoms with E-state index in [1.54, 1.807) is 41.3 Å². The van der Waals surface area contributed by atoms with Crippen LogP contribution in [0.5, 0.6) is 0 Å². The molecule has 0 aliphatic carbocycles. The SMILES string of the molecule is Cc1cc2oc3c(c(=O)c2cc1C)C1(C(=O)N(Cc2ccc(F)cc2)c2ccccc21)N(Cc1ccccc1)C3=O. The Morgan fingerprint density at radius 1 is 0.780 bits per heavy atom. The minimum absolute atomic E-state index is 0.0354. The third-order valence-corrected chi connectivity index (χ3v) is 8.29. The minimum atomic E-state index is -1.73. The molecule has 0 bridgehead atoms. The first-order valence-corrected chi connectivity index (χ1v) is 13.4. The van der Waals surface area contributed by atoms with Crippen LogP contribution in [0.25, 0.3) is 11.0 Å². The number of aryl methyl sites for hydroxylation is 2. The van der Waals surface area contributed by atoms with E-state index in [1.807, 2.05) is 56.3 Å². The first-order chi connectivity index (χ1) is 19.8. The highest BCUT2D eigenvalue weighted by molar-refractivity contribution is 6.17. The van der Waals surface area contributed by atoms with E-state index in [0.29, 0.717) is 27.8 Å². The molecule has 0 fully saturated rings. The van der Waals surface area contributed by atoms with E-state index in [0.717, 1.165) is 16.7 Å². The van der Waals surface area contributed by atoms with Gasteiger partial charge in [0.2, 0.25) is 5.76 Å². The van der Waals surface area contributed by atoms with E-state index in [1.165, 1.54) is 17.0 Å². The van der Waals surface area contributed by atoms with Gasteiger partial charge >= 0.3 is 0 Å². The van der Waals surface area contributed by atoms with Crippen LogP contribution in [0.1, 0.15) is 43.9 Å². The van der Waals surface area contributed by atoms with E-state index >= 15 is 0 Å². The van der Waals surface area contributed by atoms with Gasteiger partial charge in [-0.05, 0) is 66.4 Å². The Hall–Kier alpha value is -5.04. The van der Waals surface area contributed by atoms with Gasteiger partial charge in [-0.1, -0.05) is 60.7 Å². The fraction of sp³-hybridized carbons (Fsp3) is 0.147. The monoisotopic (exact) mass is 544 g/mol. The van der Waals surface area contributed by atoms with Gasteiger partial charge in [-0.25, -0.2) is 4.39 Å². The summed E-state index contributed by atoms with van der Waals surface area (Å²) in [5.74, 6) is -1.44. The quantitative estimate of drug-likeness (QED) is 0.279. The van der Waals surface area contributed by atoms with Gasteiger partial charge in [-0.2, -0.15) is 0 Å². The molecule has 1 spiro atoms. The van der Waals surface area contributed by atoms with Crippen molar-refractivity contribution in [1.29, 1.82) is 0 Å². The van der Waals surface area contributed by atoms with Crippen LogP contribution in [0.3, 0.4) is 0 Å². The Balaban J connectivity index is 1.52. The summed E-state index contributed by atoms with van der Waals surface area (Å²) in [5.41, 5.74) is 2.67. The van der Waals surface area contributed by atoms with Crippen molar-refractivity contribution in [2.24, 2.45) is 0 Å². The van der Waals surface area contributed by atoms with Crippen molar-refractivity contribution in [3.05, 3.63) is 146 Å². The molecule has 3 heterocycles. The fourth-order valence-corrected chi connectivity index (χ4v) is 6.16. The fourth-order valence-electron chi connectivity index (χ4n) is 6.16. The Morgan fingerprint density at radius 3 is 2.20 bits per heavy atom. The molecular formula is C34H25FN2O4. The van der Waals surface area contributed by atoms with E-state index < -0.39 is 22.8 Å². The van der Waals surface area contributed by atoms with Crippen molar-refractivity contribution in [3.63, 3.8) is 0 Å². The molecular weight excluding hydrogens is 519 g/mol. The maximum atomic E-state index is 14.9. The topological polar surface area (TPSA) is 70.8 Å². The van der Waals surface area contributed by atoms with Crippen LogP contribution in [-0.4, -0.2) is 16.7 Å². The summed E-state index contributed by atoms with van der Waals surface area (Å²) >= 11 is 0. The van der Waals surface area contributed by atoms with E-state index in [2.05, 4.69) is 0 Å². The predicted octanol–water partition coefficient (Wildman–Crippen LogP) is 6.00. The molecule has 41 heavy (non-hydrogen) atoms. The number of benzene rings is 4. The first kappa shape index (κ1) is 25.0. The van der Waals surface area contributed by atoms with Gasteiger partial charge < -0.3 is 14.2 Å². The smallest absolute Gasteiger partial charge is 0.291 e. The van der Waals surface area contributed by atoms with Crippen molar-refractivity contribution >= 4 is 28.5 Å². The third kappa shape index (κ3) is 3.51. The second-order valence-electron chi connectivity index (χ2n) is 10.7. The van der Waals surface area contributed by atoms with Crippen molar-refractivity contribution in [3.8, 4) is 0 Å². The normalized spacial score (nSPS) is 17.5. The maximum absolute atomic E-state index is 14.9. The van der Waals surface area contributed by atoms with Crippen LogP contribution in [0.4, 0.5) is 10.1 Å². The highest BCUT2D eigenvalue weighted by Crippen LogP contribution is 2.53. The van der Waals surface area contributed by atoms with Crippen molar-refractivity contribution in [1.82, 2.24) is 4.90 Å². The van der Waals surface area contributed by atoms with Crippen LogP contribution in [0.15, 0.2) is 100 Å². The average Bonchev–Trinajstić information content (AvgIpc) is 3.36. The first-order valence-electron chi connectivity index (χ1n) is 13.4. The number of nitrogens with zero attached hydrogens (tertiary/aromatic N) is 2. The average molecular weight is 545 g/mol. The molecule has 0 N–H and O–H groups in total. The lowest BCUT2D eigenvalue weighted by Crippen LogP contribution is -2.52. The molecule has 202 valence electrons. The summed E-state index contributed by atoms with van der Waals surface area (Å²) in [5, 5.41) is 0.322. The van der Waals surface area contributed by atoms with Crippen LogP contribution >= 0.6 is 0 Å². The molecule has 2 aliphatic heterocycles. The molecule has 1 unspecified atom stereocenters. The molecule has 2 aliphatic rings. The number of carbonyl (C=O) groups excluding carboxylic acids is 2. The van der Waals surface area contributed by atoms with Gasteiger partial charge in [0.1, 0.15) is 11.4 Å². The number of anilines is 1. The van der Waals surface area contributed by atoms with Crippen LogP contribution in [-0.2, 0) is 23.4 Å². The predicted molar refractivity (Wildman–Crippen MR) is 153 cm³/mol. The number of para-hydroxylation sites is 1.